The molecule has 0 heterocycles. The van der Waals surface area contributed by atoms with Crippen molar-refractivity contribution >= 4 is 30.4 Å². The fourth-order valence-corrected chi connectivity index (χ4v) is 15.6. The first kappa shape index (κ1) is 80.5. The first-order chi connectivity index (χ1) is 33.1. The summed E-state index contributed by atoms with van der Waals surface area (Å²) >= 11 is 0. The predicted molar refractivity (Wildman–Crippen MR) is 307 cm³/mol. The molecule has 24 heteroatoms. The Morgan fingerprint density at radius 3 is 0.405 bits per heavy atom. The van der Waals surface area contributed by atoms with Gasteiger partial charge < -0.3 is 10.2 Å². The average molecular weight is 1430 g/mol. The van der Waals surface area contributed by atoms with Gasteiger partial charge in [0.05, 0.1) is 0 Å². The van der Waals surface area contributed by atoms with Gasteiger partial charge >= 0.3 is 0 Å². The number of aliphatic hydroxyl groups is 2. The van der Waals surface area contributed by atoms with Gasteiger partial charge in [-0.25, -0.2) is 56.0 Å². The van der Waals surface area contributed by atoms with Crippen LogP contribution in [-0.4, -0.2) is 235 Å². The van der Waals surface area contributed by atoms with E-state index in [-0.39, 0.29) is 93.8 Å². The largest absolute Gasteiger partial charge is 0.398 e. The number of rotatable bonds is 16. The van der Waals surface area contributed by atoms with Crippen LogP contribution < -0.4 is 0 Å². The van der Waals surface area contributed by atoms with Gasteiger partial charge in [0.2, 0.25) is 0 Å². The molecule has 0 atom stereocenters. The molecule has 0 aliphatic carbocycles. The molecule has 2 N–H and O–H groups in total. The molecule has 0 bridgehead atoms. The van der Waals surface area contributed by atoms with E-state index >= 15 is 0 Å². The molecule has 440 valence electrons. The van der Waals surface area contributed by atoms with Crippen molar-refractivity contribution in [1.29, 1.82) is 0 Å². The summed E-state index contributed by atoms with van der Waals surface area (Å²) in [7, 11) is 33.9. The van der Waals surface area contributed by atoms with Crippen LogP contribution >= 0.6 is 30.4 Å². The fraction of sp³-hybridized carbons (Fsp3) is 0.480. The first-order valence-electron chi connectivity index (χ1n) is 23.0. The van der Waals surface area contributed by atoms with Crippen molar-refractivity contribution in [2.75, 3.05) is 169 Å². The molecule has 4 rings (SSSR count). The van der Waals surface area contributed by atoms with Gasteiger partial charge in [0.25, 0.3) is 30.4 Å². The zero-order valence-corrected chi connectivity index (χ0v) is 55.8. The zero-order chi connectivity index (χ0) is 56.5. The maximum absolute atomic E-state index is 12.1. The Balaban J connectivity index is -0.000000397. The van der Waals surface area contributed by atoms with Gasteiger partial charge in [-0.05, 0) is 169 Å². The van der Waals surface area contributed by atoms with Crippen LogP contribution in [0.1, 0.15) is 22.3 Å². The van der Waals surface area contributed by atoms with Crippen LogP contribution in [0.25, 0.3) is 0 Å². The minimum atomic E-state index is -2.44. The van der Waals surface area contributed by atoms with Crippen LogP contribution in [0.2, 0.25) is 0 Å². The molecule has 18 nitrogen and oxygen atoms in total. The second-order valence-corrected chi connectivity index (χ2v) is 32.1. The average Bonchev–Trinajstić information content (AvgIpc) is 3.33. The summed E-state index contributed by atoms with van der Waals surface area (Å²) < 4.78 is 69.3. The van der Waals surface area contributed by atoms with E-state index in [1.807, 2.05) is 290 Å². The Bertz CT molecular complexity index is 1810. The summed E-state index contributed by atoms with van der Waals surface area (Å²) in [6.45, 7) is 0. The van der Waals surface area contributed by atoms with Gasteiger partial charge in [0, 0.05) is 106 Å². The van der Waals surface area contributed by atoms with Crippen molar-refractivity contribution in [2.45, 2.75) is 0 Å². The minimum Gasteiger partial charge on any atom is -0.398 e. The first-order valence-corrected chi connectivity index (χ1v) is 29.2. The Morgan fingerprint density at radius 1 is 0.243 bits per heavy atom. The maximum atomic E-state index is 12.1. The topological polar surface area (TPSA) is 148 Å². The third kappa shape index (κ3) is 25.2. The SMILES string of the molecule is CN(C)P(=O)(N(C)C)N(C)C.CN(C)P(=O)(N(C)C)N(C)C.CN(C)P(=O)(N(C)C)N(C)C.CN(C)P(=O)(N(C)C)N(C)C.O[C-](c1ccccc1)c1ccccc1.O[C-](c1ccccc1)c1ccccc1.[Yb].[Yb]. The van der Waals surface area contributed by atoms with E-state index in [4.69, 9.17) is 0 Å². The van der Waals surface area contributed by atoms with E-state index in [0.29, 0.717) is 12.2 Å². The summed E-state index contributed by atoms with van der Waals surface area (Å²) in [5, 5.41) is 19.8. The van der Waals surface area contributed by atoms with Crippen LogP contribution in [0.3, 0.4) is 0 Å². The van der Waals surface area contributed by atoms with Crippen LogP contribution in [0.4, 0.5) is 0 Å². The smallest absolute Gasteiger partial charge is 0.285 e. The summed E-state index contributed by atoms with van der Waals surface area (Å²) in [6, 6.07) is 38.1. The van der Waals surface area contributed by atoms with Gasteiger partial charge in [0.1, 0.15) is 0 Å². The molecule has 4 aromatic rings. The van der Waals surface area contributed by atoms with E-state index in [9.17, 15) is 28.5 Å². The summed E-state index contributed by atoms with van der Waals surface area (Å²) in [4.78, 5) is 0. The second-order valence-electron chi connectivity index (χ2n) is 18.4. The third-order valence-electron chi connectivity index (χ3n) is 10.4. The Labute approximate surface area is 527 Å². The van der Waals surface area contributed by atoms with Crippen molar-refractivity contribution in [1.82, 2.24) is 56.0 Å². The van der Waals surface area contributed by atoms with Gasteiger partial charge in [-0.15, -0.1) is 48.5 Å². The van der Waals surface area contributed by atoms with Gasteiger partial charge in [-0.1, -0.05) is 95.1 Å². The van der Waals surface area contributed by atoms with Gasteiger partial charge in [0.15, 0.2) is 0 Å². The van der Waals surface area contributed by atoms with Crippen LogP contribution in [-0.2, 0) is 18.3 Å². The summed E-state index contributed by atoms with van der Waals surface area (Å²) in [5.41, 5.74) is 3.38. The molecule has 0 fully saturated rings. The number of hydrogen-bond acceptors (Lipinski definition) is 6. The summed E-state index contributed by atoms with van der Waals surface area (Å²) in [5.74, 6) is 0. The molecule has 0 saturated carbocycles. The van der Waals surface area contributed by atoms with Crippen molar-refractivity contribution in [3.05, 3.63) is 156 Å². The molecular formula is C50H94N12O6P4Yb2-2. The van der Waals surface area contributed by atoms with Crippen molar-refractivity contribution in [2.24, 2.45) is 0 Å². The molecule has 4 aromatic carbocycles. The van der Waals surface area contributed by atoms with Crippen LogP contribution in [0, 0.1) is 106 Å². The molecular weight excluding hydrogens is 1330 g/mol. The third-order valence-corrected chi connectivity index (χ3v) is 22.9. The van der Waals surface area contributed by atoms with E-state index in [0.717, 1.165) is 22.3 Å². The van der Waals surface area contributed by atoms with E-state index in [2.05, 4.69) is 0 Å². The molecule has 0 aliphatic heterocycles. The minimum absolute atomic E-state index is 0. The summed E-state index contributed by atoms with van der Waals surface area (Å²) in [6.07, 6.45) is 0.650. The number of benzene rings is 4. The number of aliphatic hydroxyl groups excluding tert-OH is 2. The maximum Gasteiger partial charge on any atom is 0.285 e. The monoisotopic (exact) mass is 1430 g/mol. The number of nitrogens with zero attached hydrogens (tertiary/aromatic N) is 12. The normalized spacial score (nSPS) is 11.8. The van der Waals surface area contributed by atoms with E-state index in [1.54, 1.807) is 56.0 Å². The standard InChI is InChI=1S/2C13H11O.4C6H18N3OP.2Yb/c2*14-13(11-7-3-1-4-8-11)12-9-5-2-6-10-12;4*1-7(2)11(10,8(3)4)9(5)6;;/h2*1-10,14H;4*1-6H3;;/q2*-1;;;;;;. The van der Waals surface area contributed by atoms with Crippen molar-refractivity contribution in [3.8, 4) is 0 Å². The molecule has 0 saturated heterocycles. The van der Waals surface area contributed by atoms with Crippen LogP contribution in [0.15, 0.2) is 121 Å². The van der Waals surface area contributed by atoms with Crippen LogP contribution in [0.5, 0.6) is 0 Å². The molecule has 0 spiro atoms. The van der Waals surface area contributed by atoms with Gasteiger partial charge in [-0.2, -0.15) is 0 Å². The Hall–Kier alpha value is 0.0190. The molecule has 0 unspecified atom stereocenters. The Kier molecular flexibility index (Phi) is 42.9. The van der Waals surface area contributed by atoms with Crippen molar-refractivity contribution in [3.63, 3.8) is 0 Å². The fourth-order valence-electron chi connectivity index (χ4n) is 7.01. The quantitative estimate of drug-likeness (QED) is 0.0811. The number of hydrogen-bond donors (Lipinski definition) is 2. The molecule has 0 aliphatic rings. The molecule has 0 amide bonds. The zero-order valence-electron chi connectivity index (χ0n) is 48.8. The molecule has 0 aromatic heterocycles. The Morgan fingerprint density at radius 2 is 0.338 bits per heavy atom. The van der Waals surface area contributed by atoms with E-state index in [1.165, 1.54) is 0 Å². The molecule has 74 heavy (non-hydrogen) atoms. The second kappa shape index (κ2) is 39.4. The van der Waals surface area contributed by atoms with E-state index < -0.39 is 30.4 Å². The molecule has 0 radical (unpaired) electrons. The van der Waals surface area contributed by atoms with Crippen molar-refractivity contribution < 1.29 is 122 Å². The van der Waals surface area contributed by atoms with Gasteiger partial charge in [-0.3, -0.25) is 18.3 Å². The predicted octanol–water partition coefficient (Wildman–Crippen LogP) is 9.09.